The molecule has 8 nitrogen and oxygen atoms in total. The summed E-state index contributed by atoms with van der Waals surface area (Å²) in [5.41, 5.74) is 0.518. The van der Waals surface area contributed by atoms with E-state index in [1.165, 1.54) is 0 Å². The van der Waals surface area contributed by atoms with Crippen molar-refractivity contribution >= 4 is 11.8 Å². The van der Waals surface area contributed by atoms with Crippen LogP contribution in [0.4, 0.5) is 0 Å². The molecule has 2 amide bonds. The molecule has 0 aromatic heterocycles. The van der Waals surface area contributed by atoms with Crippen molar-refractivity contribution in [1.29, 1.82) is 0 Å². The molecule has 0 saturated carbocycles. The van der Waals surface area contributed by atoms with E-state index in [4.69, 9.17) is 18.9 Å². The van der Waals surface area contributed by atoms with E-state index in [1.54, 1.807) is 42.2 Å². The van der Waals surface area contributed by atoms with E-state index < -0.39 is 0 Å². The van der Waals surface area contributed by atoms with Crippen LogP contribution in [0.15, 0.2) is 48.5 Å². The smallest absolute Gasteiger partial charge is 0.260 e. The predicted octanol–water partition coefficient (Wildman–Crippen LogP) is 3.11. The Morgan fingerprint density at radius 3 is 2.50 bits per heavy atom. The van der Waals surface area contributed by atoms with Gasteiger partial charge in [0.1, 0.15) is 5.75 Å². The zero-order chi connectivity index (χ0) is 24.5. The minimum atomic E-state index is -0.280. The van der Waals surface area contributed by atoms with Crippen LogP contribution < -0.4 is 14.2 Å². The molecule has 34 heavy (non-hydrogen) atoms. The second-order valence-corrected chi connectivity index (χ2v) is 8.61. The van der Waals surface area contributed by atoms with Crippen LogP contribution in [0.1, 0.15) is 24.2 Å². The van der Waals surface area contributed by atoms with Crippen LogP contribution in [0, 0.1) is 5.92 Å². The number of carbonyl (C=O) groups excluding carboxylic acids is 2. The van der Waals surface area contributed by atoms with Gasteiger partial charge in [0.25, 0.3) is 11.8 Å². The Bertz CT molecular complexity index is 950. The maximum atomic E-state index is 13.1. The van der Waals surface area contributed by atoms with Gasteiger partial charge in [-0.1, -0.05) is 32.0 Å². The monoisotopic (exact) mass is 470 g/mol. The number of nitrogens with zero attached hydrogens (tertiary/aromatic N) is 2. The highest BCUT2D eigenvalue weighted by molar-refractivity contribution is 5.95. The average Bonchev–Trinajstić information content (AvgIpc) is 2.86. The topological polar surface area (TPSA) is 77.5 Å². The fourth-order valence-electron chi connectivity index (χ4n) is 3.88. The Hall–Kier alpha value is -3.26. The van der Waals surface area contributed by atoms with E-state index in [0.717, 1.165) is 0 Å². The molecule has 8 heteroatoms. The van der Waals surface area contributed by atoms with E-state index in [0.29, 0.717) is 55.6 Å². The molecular weight excluding hydrogens is 436 g/mol. The highest BCUT2D eigenvalue weighted by atomic mass is 16.5. The number of carbonyl (C=O) groups is 2. The number of methoxy groups -OCH3 is 2. The molecule has 0 spiro atoms. The lowest BCUT2D eigenvalue weighted by molar-refractivity contribution is -0.137. The maximum Gasteiger partial charge on any atom is 0.260 e. The highest BCUT2D eigenvalue weighted by Gasteiger charge is 2.29. The summed E-state index contributed by atoms with van der Waals surface area (Å²) in [4.78, 5) is 29.6. The molecule has 1 aliphatic heterocycles. The first-order valence-corrected chi connectivity index (χ1v) is 11.5. The predicted molar refractivity (Wildman–Crippen MR) is 129 cm³/mol. The SMILES string of the molecule is COc1ccc(C(=O)N2CCOC(CN(CC(C)C)C(=O)COc3ccccc3)C2)cc1OC. The fourth-order valence-corrected chi connectivity index (χ4v) is 3.88. The van der Waals surface area contributed by atoms with Crippen molar-refractivity contribution in [3.8, 4) is 17.2 Å². The summed E-state index contributed by atoms with van der Waals surface area (Å²) in [6.45, 7) is 6.35. The first-order chi connectivity index (χ1) is 16.4. The lowest BCUT2D eigenvalue weighted by atomic mass is 10.1. The van der Waals surface area contributed by atoms with Gasteiger partial charge in [-0.3, -0.25) is 9.59 Å². The number of para-hydroxylation sites is 1. The van der Waals surface area contributed by atoms with Gasteiger partial charge in [0.15, 0.2) is 18.1 Å². The first-order valence-electron chi connectivity index (χ1n) is 11.5. The number of amides is 2. The van der Waals surface area contributed by atoms with E-state index in [-0.39, 0.29) is 30.4 Å². The summed E-state index contributed by atoms with van der Waals surface area (Å²) in [6.07, 6.45) is -0.280. The summed E-state index contributed by atoms with van der Waals surface area (Å²) in [5.74, 6) is 1.80. The van der Waals surface area contributed by atoms with Gasteiger partial charge in [-0.25, -0.2) is 0 Å². The molecule has 2 aromatic rings. The van der Waals surface area contributed by atoms with Gasteiger partial charge in [-0.2, -0.15) is 0 Å². The van der Waals surface area contributed by atoms with Crippen LogP contribution in [-0.4, -0.2) is 81.3 Å². The molecule has 1 heterocycles. The van der Waals surface area contributed by atoms with E-state index >= 15 is 0 Å². The van der Waals surface area contributed by atoms with Crippen molar-refractivity contribution < 1.29 is 28.5 Å². The molecule has 3 rings (SSSR count). The molecule has 1 saturated heterocycles. The van der Waals surface area contributed by atoms with Crippen LogP contribution in [0.3, 0.4) is 0 Å². The van der Waals surface area contributed by atoms with Crippen LogP contribution in [0.2, 0.25) is 0 Å². The number of morpholine rings is 1. The van der Waals surface area contributed by atoms with Crippen LogP contribution in [0.25, 0.3) is 0 Å². The Morgan fingerprint density at radius 2 is 1.82 bits per heavy atom. The second-order valence-electron chi connectivity index (χ2n) is 8.61. The van der Waals surface area contributed by atoms with Crippen molar-refractivity contribution in [2.24, 2.45) is 5.92 Å². The van der Waals surface area contributed by atoms with Gasteiger partial charge in [-0.15, -0.1) is 0 Å². The Morgan fingerprint density at radius 1 is 1.09 bits per heavy atom. The van der Waals surface area contributed by atoms with Crippen LogP contribution in [-0.2, 0) is 9.53 Å². The standard InChI is InChI=1S/C26H34N2O6/c1-19(2)15-28(25(29)18-34-21-8-6-5-7-9-21)17-22-16-27(12-13-33-22)26(30)20-10-11-23(31-3)24(14-20)32-4/h5-11,14,19,22H,12-13,15-18H2,1-4H3. The molecule has 1 atom stereocenters. The molecule has 1 aliphatic rings. The van der Waals surface area contributed by atoms with Crippen molar-refractivity contribution in [3.63, 3.8) is 0 Å². The van der Waals surface area contributed by atoms with Crippen LogP contribution >= 0.6 is 0 Å². The molecule has 1 unspecified atom stereocenters. The van der Waals surface area contributed by atoms with Gasteiger partial charge < -0.3 is 28.7 Å². The van der Waals surface area contributed by atoms with Crippen molar-refractivity contribution in [2.75, 3.05) is 53.6 Å². The third-order valence-corrected chi connectivity index (χ3v) is 5.52. The van der Waals surface area contributed by atoms with Crippen molar-refractivity contribution in [1.82, 2.24) is 9.80 Å². The number of ether oxygens (including phenoxy) is 4. The average molecular weight is 471 g/mol. The summed E-state index contributed by atoms with van der Waals surface area (Å²) in [7, 11) is 3.10. The number of rotatable bonds is 10. The fraction of sp³-hybridized carbons (Fsp3) is 0.462. The third kappa shape index (κ3) is 6.87. The number of hydrogen-bond donors (Lipinski definition) is 0. The zero-order valence-electron chi connectivity index (χ0n) is 20.4. The van der Waals surface area contributed by atoms with Gasteiger partial charge >= 0.3 is 0 Å². The van der Waals surface area contributed by atoms with Gasteiger partial charge in [0, 0.05) is 31.7 Å². The Balaban J connectivity index is 1.63. The zero-order valence-corrected chi connectivity index (χ0v) is 20.4. The van der Waals surface area contributed by atoms with Crippen molar-refractivity contribution in [3.05, 3.63) is 54.1 Å². The minimum absolute atomic E-state index is 0.0439. The molecule has 2 aromatic carbocycles. The molecular formula is C26H34N2O6. The molecule has 0 N–H and O–H groups in total. The summed E-state index contributed by atoms with van der Waals surface area (Å²) in [5, 5.41) is 0. The van der Waals surface area contributed by atoms with Gasteiger partial charge in [0.2, 0.25) is 0 Å². The molecule has 0 aliphatic carbocycles. The van der Waals surface area contributed by atoms with Crippen LogP contribution in [0.5, 0.6) is 17.2 Å². The second kappa shape index (κ2) is 12.3. The molecule has 184 valence electrons. The molecule has 0 radical (unpaired) electrons. The van der Waals surface area contributed by atoms with E-state index in [2.05, 4.69) is 13.8 Å². The normalized spacial score (nSPS) is 15.7. The maximum absolute atomic E-state index is 13.1. The Labute approximate surface area is 201 Å². The molecule has 1 fully saturated rings. The first kappa shape index (κ1) is 25.4. The van der Waals surface area contributed by atoms with Crippen molar-refractivity contribution in [2.45, 2.75) is 20.0 Å². The quantitative estimate of drug-likeness (QED) is 0.531. The Kier molecular flexibility index (Phi) is 9.16. The van der Waals surface area contributed by atoms with E-state index in [1.807, 2.05) is 30.3 Å². The largest absolute Gasteiger partial charge is 0.493 e. The van der Waals surface area contributed by atoms with Gasteiger partial charge in [-0.05, 0) is 36.2 Å². The van der Waals surface area contributed by atoms with E-state index in [9.17, 15) is 9.59 Å². The minimum Gasteiger partial charge on any atom is -0.493 e. The lowest BCUT2D eigenvalue weighted by Crippen LogP contribution is -2.51. The summed E-state index contributed by atoms with van der Waals surface area (Å²) < 4.78 is 22.2. The summed E-state index contributed by atoms with van der Waals surface area (Å²) >= 11 is 0. The number of hydrogen-bond acceptors (Lipinski definition) is 6. The highest BCUT2D eigenvalue weighted by Crippen LogP contribution is 2.28. The molecule has 0 bridgehead atoms. The van der Waals surface area contributed by atoms with Gasteiger partial charge in [0.05, 0.1) is 26.9 Å². The lowest BCUT2D eigenvalue weighted by Gasteiger charge is -2.36. The third-order valence-electron chi connectivity index (χ3n) is 5.52. The summed E-state index contributed by atoms with van der Waals surface area (Å²) in [6, 6.07) is 14.4. The number of benzene rings is 2.